The maximum Gasteiger partial charge on any atom is 0.251 e. The maximum atomic E-state index is 12.5. The van der Waals surface area contributed by atoms with Crippen molar-refractivity contribution in [1.29, 1.82) is 0 Å². The minimum absolute atomic E-state index is 0.0547. The van der Waals surface area contributed by atoms with E-state index < -0.39 is 0 Å². The number of carbonyl (C=O) groups excluding carboxylic acids is 1. The van der Waals surface area contributed by atoms with Crippen molar-refractivity contribution in [1.82, 2.24) is 15.5 Å². The number of nitrogens with zero attached hydrogens (tertiary/aromatic N) is 2. The standard InChI is InChI=1S/C26H28N4O/c1-19-7-5-10-21(17-19)24-13-14-25(30-29-24)28-23-12-6-11-22(18-23)26(31)27-16-15-20-8-3-2-4-9-20/h5-8,10-14,17-18H,2-4,9,15-16H2,1H3,(H,27,31)(H,28,30). The average Bonchev–Trinajstić information content (AvgIpc) is 2.80. The molecule has 0 atom stereocenters. The molecule has 0 spiro atoms. The molecule has 0 fully saturated rings. The highest BCUT2D eigenvalue weighted by molar-refractivity contribution is 5.95. The summed E-state index contributed by atoms with van der Waals surface area (Å²) >= 11 is 0. The van der Waals surface area contributed by atoms with Crippen LogP contribution < -0.4 is 10.6 Å². The Balaban J connectivity index is 1.35. The van der Waals surface area contributed by atoms with Crippen LogP contribution in [-0.4, -0.2) is 22.6 Å². The summed E-state index contributed by atoms with van der Waals surface area (Å²) in [4.78, 5) is 12.5. The molecule has 5 heteroatoms. The van der Waals surface area contributed by atoms with Crippen molar-refractivity contribution in [3.8, 4) is 11.3 Å². The number of anilines is 2. The Morgan fingerprint density at radius 1 is 1.00 bits per heavy atom. The van der Waals surface area contributed by atoms with Crippen molar-refractivity contribution in [3.63, 3.8) is 0 Å². The van der Waals surface area contributed by atoms with Crippen molar-refractivity contribution < 1.29 is 4.79 Å². The van der Waals surface area contributed by atoms with Crippen LogP contribution in [-0.2, 0) is 0 Å². The summed E-state index contributed by atoms with van der Waals surface area (Å²) in [5, 5.41) is 14.9. The smallest absolute Gasteiger partial charge is 0.251 e. The topological polar surface area (TPSA) is 66.9 Å². The predicted octanol–water partition coefficient (Wildman–Crippen LogP) is 5.82. The Morgan fingerprint density at radius 3 is 2.68 bits per heavy atom. The normalized spacial score (nSPS) is 13.4. The average molecular weight is 413 g/mol. The minimum atomic E-state index is -0.0547. The number of nitrogens with one attached hydrogen (secondary N) is 2. The summed E-state index contributed by atoms with van der Waals surface area (Å²) in [5.41, 5.74) is 5.96. The van der Waals surface area contributed by atoms with Gasteiger partial charge in [-0.05, 0) is 75.4 Å². The lowest BCUT2D eigenvalue weighted by Gasteiger charge is -2.13. The Hall–Kier alpha value is -3.47. The molecule has 1 aromatic heterocycles. The second-order valence-corrected chi connectivity index (χ2v) is 7.99. The van der Waals surface area contributed by atoms with E-state index in [2.05, 4.69) is 46.0 Å². The SMILES string of the molecule is Cc1cccc(-c2ccc(Nc3cccc(C(=O)NCCC4=CCCCC4)c3)nn2)c1. The number of amides is 1. The lowest BCUT2D eigenvalue weighted by Crippen LogP contribution is -2.24. The molecule has 2 aromatic carbocycles. The Morgan fingerprint density at radius 2 is 1.90 bits per heavy atom. The molecule has 1 heterocycles. The molecule has 3 aromatic rings. The van der Waals surface area contributed by atoms with E-state index in [0.29, 0.717) is 17.9 Å². The van der Waals surface area contributed by atoms with E-state index in [0.717, 1.165) is 23.4 Å². The van der Waals surface area contributed by atoms with Crippen LogP contribution in [0.25, 0.3) is 11.3 Å². The van der Waals surface area contributed by atoms with E-state index >= 15 is 0 Å². The van der Waals surface area contributed by atoms with Crippen LogP contribution in [0.4, 0.5) is 11.5 Å². The van der Waals surface area contributed by atoms with Crippen LogP contribution in [0.2, 0.25) is 0 Å². The van der Waals surface area contributed by atoms with E-state index in [-0.39, 0.29) is 5.91 Å². The van der Waals surface area contributed by atoms with Gasteiger partial charge in [-0.2, -0.15) is 0 Å². The van der Waals surface area contributed by atoms with Gasteiger partial charge >= 0.3 is 0 Å². The molecule has 0 saturated carbocycles. The highest BCUT2D eigenvalue weighted by atomic mass is 16.1. The Kier molecular flexibility index (Phi) is 6.72. The van der Waals surface area contributed by atoms with E-state index in [9.17, 15) is 4.79 Å². The van der Waals surface area contributed by atoms with Crippen molar-refractivity contribution in [3.05, 3.63) is 83.4 Å². The molecule has 1 aliphatic carbocycles. The number of benzene rings is 2. The van der Waals surface area contributed by atoms with Crippen molar-refractivity contribution in [2.24, 2.45) is 0 Å². The van der Waals surface area contributed by atoms with Gasteiger partial charge < -0.3 is 10.6 Å². The van der Waals surface area contributed by atoms with Crippen LogP contribution in [0.15, 0.2) is 72.3 Å². The summed E-state index contributed by atoms with van der Waals surface area (Å²) < 4.78 is 0. The van der Waals surface area contributed by atoms with Crippen molar-refractivity contribution in [2.45, 2.75) is 39.0 Å². The first-order chi connectivity index (χ1) is 15.2. The number of hydrogen-bond donors (Lipinski definition) is 2. The molecule has 0 bridgehead atoms. The fourth-order valence-corrected chi connectivity index (χ4v) is 3.81. The summed E-state index contributed by atoms with van der Waals surface area (Å²) in [6.45, 7) is 2.73. The number of allylic oxidation sites excluding steroid dienone is 1. The number of rotatable bonds is 7. The zero-order valence-corrected chi connectivity index (χ0v) is 17.9. The van der Waals surface area contributed by atoms with Crippen molar-refractivity contribution in [2.75, 3.05) is 11.9 Å². The lowest BCUT2D eigenvalue weighted by molar-refractivity contribution is 0.0954. The largest absolute Gasteiger partial charge is 0.352 e. The van der Waals surface area contributed by atoms with E-state index in [1.165, 1.54) is 36.8 Å². The first kappa shape index (κ1) is 20.8. The summed E-state index contributed by atoms with van der Waals surface area (Å²) in [7, 11) is 0. The molecule has 0 aliphatic heterocycles. The zero-order valence-electron chi connectivity index (χ0n) is 17.9. The fraction of sp³-hybridized carbons (Fsp3) is 0.269. The molecule has 0 radical (unpaired) electrons. The first-order valence-corrected chi connectivity index (χ1v) is 10.9. The Labute approximate surface area is 183 Å². The molecular weight excluding hydrogens is 384 g/mol. The van der Waals surface area contributed by atoms with Gasteiger partial charge in [-0.1, -0.05) is 41.5 Å². The molecule has 0 unspecified atom stereocenters. The molecule has 0 saturated heterocycles. The molecule has 1 amide bonds. The molecule has 31 heavy (non-hydrogen) atoms. The number of aromatic nitrogens is 2. The van der Waals surface area contributed by atoms with E-state index in [4.69, 9.17) is 0 Å². The third kappa shape index (κ3) is 5.79. The van der Waals surface area contributed by atoms with Gasteiger partial charge in [0, 0.05) is 23.4 Å². The minimum Gasteiger partial charge on any atom is -0.352 e. The summed E-state index contributed by atoms with van der Waals surface area (Å²) in [5.74, 6) is 0.583. The third-order valence-corrected chi connectivity index (χ3v) is 5.49. The number of carbonyl (C=O) groups is 1. The highest BCUT2D eigenvalue weighted by Crippen LogP contribution is 2.21. The van der Waals surface area contributed by atoms with Crippen LogP contribution in [0, 0.1) is 6.92 Å². The van der Waals surface area contributed by atoms with E-state index in [1.807, 2.05) is 48.5 Å². The van der Waals surface area contributed by atoms with Crippen LogP contribution in [0.1, 0.15) is 48.0 Å². The predicted molar refractivity (Wildman–Crippen MR) is 125 cm³/mol. The summed E-state index contributed by atoms with van der Waals surface area (Å²) in [6, 6.07) is 19.5. The molecule has 2 N–H and O–H groups in total. The Bertz CT molecular complexity index is 1070. The molecule has 5 nitrogen and oxygen atoms in total. The highest BCUT2D eigenvalue weighted by Gasteiger charge is 2.09. The van der Waals surface area contributed by atoms with Gasteiger partial charge in [0.25, 0.3) is 5.91 Å². The second-order valence-electron chi connectivity index (χ2n) is 7.99. The molecular formula is C26H28N4O. The van der Waals surface area contributed by atoms with Gasteiger partial charge in [0.2, 0.25) is 0 Å². The monoisotopic (exact) mass is 412 g/mol. The van der Waals surface area contributed by atoms with Crippen LogP contribution >= 0.6 is 0 Å². The quantitative estimate of drug-likeness (QED) is 0.480. The van der Waals surface area contributed by atoms with Crippen LogP contribution in [0.3, 0.4) is 0 Å². The first-order valence-electron chi connectivity index (χ1n) is 10.9. The molecule has 1 aliphatic rings. The van der Waals surface area contributed by atoms with Gasteiger partial charge in [0.1, 0.15) is 0 Å². The zero-order chi connectivity index (χ0) is 21.5. The van der Waals surface area contributed by atoms with Gasteiger partial charge in [-0.3, -0.25) is 4.79 Å². The van der Waals surface area contributed by atoms with Gasteiger partial charge in [-0.25, -0.2) is 0 Å². The lowest BCUT2D eigenvalue weighted by atomic mass is 9.97. The molecule has 158 valence electrons. The number of hydrogen-bond acceptors (Lipinski definition) is 4. The third-order valence-electron chi connectivity index (χ3n) is 5.49. The van der Waals surface area contributed by atoms with Crippen LogP contribution in [0.5, 0.6) is 0 Å². The number of aryl methyl sites for hydroxylation is 1. The maximum absolute atomic E-state index is 12.5. The van der Waals surface area contributed by atoms with Gasteiger partial charge in [-0.15, -0.1) is 10.2 Å². The second kappa shape index (κ2) is 10.0. The molecule has 4 rings (SSSR count). The fourth-order valence-electron chi connectivity index (χ4n) is 3.81. The van der Waals surface area contributed by atoms with Crippen molar-refractivity contribution >= 4 is 17.4 Å². The summed E-state index contributed by atoms with van der Waals surface area (Å²) in [6.07, 6.45) is 8.15. The van der Waals surface area contributed by atoms with E-state index in [1.54, 1.807) is 0 Å². The van der Waals surface area contributed by atoms with Gasteiger partial charge in [0.15, 0.2) is 5.82 Å². The van der Waals surface area contributed by atoms with Gasteiger partial charge in [0.05, 0.1) is 5.69 Å².